The molecule has 1 fully saturated rings. The van der Waals surface area contributed by atoms with E-state index in [4.69, 9.17) is 9.57 Å². The largest absolute Gasteiger partial charge is 0.444 e. The Hall–Kier alpha value is -1.63. The number of carbonyl (C=O) groups excluding carboxylic acids is 1. The number of amides is 1. The summed E-state index contributed by atoms with van der Waals surface area (Å²) in [6, 6.07) is 10.1. The van der Waals surface area contributed by atoms with Crippen molar-refractivity contribution in [3.8, 4) is 0 Å². The number of hydrogen-bond acceptors (Lipinski definition) is 5. The van der Waals surface area contributed by atoms with Gasteiger partial charge in [0.15, 0.2) is 0 Å². The highest BCUT2D eigenvalue weighted by atomic mass is 16.7. The van der Waals surface area contributed by atoms with Gasteiger partial charge in [-0.15, -0.1) is 0 Å². The van der Waals surface area contributed by atoms with Crippen LogP contribution in [0.5, 0.6) is 0 Å². The van der Waals surface area contributed by atoms with E-state index >= 15 is 0 Å². The first-order chi connectivity index (χ1) is 17.3. The molecule has 6 nitrogen and oxygen atoms in total. The first-order valence-electron chi connectivity index (χ1n) is 14.4. The Morgan fingerprint density at radius 3 is 2.17 bits per heavy atom. The van der Waals surface area contributed by atoms with Crippen molar-refractivity contribution >= 4 is 6.09 Å². The highest BCUT2D eigenvalue weighted by molar-refractivity contribution is 5.68. The summed E-state index contributed by atoms with van der Waals surface area (Å²) in [7, 11) is 0. The fourth-order valence-corrected chi connectivity index (χ4v) is 4.88. The Morgan fingerprint density at radius 1 is 1.03 bits per heavy atom. The minimum atomic E-state index is -0.586. The molecule has 0 bridgehead atoms. The molecule has 2 N–H and O–H groups in total. The lowest BCUT2D eigenvalue weighted by Gasteiger charge is -2.26. The van der Waals surface area contributed by atoms with Gasteiger partial charge in [-0.1, -0.05) is 108 Å². The molecule has 1 aliphatic rings. The lowest BCUT2D eigenvalue weighted by atomic mass is 9.98. The topological polar surface area (TPSA) is 71.0 Å². The van der Waals surface area contributed by atoms with Crippen LogP contribution in [-0.2, 0) is 16.1 Å². The first kappa shape index (κ1) is 30.6. The van der Waals surface area contributed by atoms with Crippen LogP contribution in [0.15, 0.2) is 30.3 Å². The maximum Gasteiger partial charge on any atom is 0.408 e. The van der Waals surface area contributed by atoms with Gasteiger partial charge in [0.2, 0.25) is 0 Å². The molecule has 1 aliphatic heterocycles. The van der Waals surface area contributed by atoms with Gasteiger partial charge >= 0.3 is 6.09 Å². The predicted octanol–water partition coefficient (Wildman–Crippen LogP) is 7.15. The minimum Gasteiger partial charge on any atom is -0.444 e. The van der Waals surface area contributed by atoms with Crippen LogP contribution in [0.2, 0.25) is 0 Å². The van der Waals surface area contributed by atoms with Crippen molar-refractivity contribution in [2.75, 3.05) is 6.61 Å². The maximum absolute atomic E-state index is 12.3. The molecule has 6 heteroatoms. The third kappa shape index (κ3) is 12.6. The molecule has 0 aromatic heterocycles. The SMILES string of the molecule is CCCCCCCCCCCCC[C@H]1C[C@@H]([C@H](CO)NC(=O)OC(C)(C)C)ON1Cc1ccccc1. The molecule has 3 atom stereocenters. The van der Waals surface area contributed by atoms with Gasteiger partial charge < -0.3 is 15.2 Å². The van der Waals surface area contributed by atoms with E-state index in [2.05, 4.69) is 29.4 Å². The second-order valence-corrected chi connectivity index (χ2v) is 11.4. The van der Waals surface area contributed by atoms with Gasteiger partial charge in [0.05, 0.1) is 12.6 Å². The normalized spacial score (nSPS) is 19.4. The van der Waals surface area contributed by atoms with E-state index in [0.717, 1.165) is 12.8 Å². The van der Waals surface area contributed by atoms with Crippen molar-refractivity contribution in [1.82, 2.24) is 10.4 Å². The van der Waals surface area contributed by atoms with Gasteiger partial charge in [-0.2, -0.15) is 5.06 Å². The van der Waals surface area contributed by atoms with Crippen LogP contribution in [0.3, 0.4) is 0 Å². The van der Waals surface area contributed by atoms with E-state index in [1.807, 2.05) is 39.0 Å². The predicted molar refractivity (Wildman–Crippen MR) is 147 cm³/mol. The van der Waals surface area contributed by atoms with E-state index in [9.17, 15) is 9.90 Å². The number of nitrogens with zero attached hydrogens (tertiary/aromatic N) is 1. The number of unbranched alkanes of at least 4 members (excludes halogenated alkanes) is 10. The quantitative estimate of drug-likeness (QED) is 0.220. The van der Waals surface area contributed by atoms with E-state index < -0.39 is 17.7 Å². The first-order valence-corrected chi connectivity index (χ1v) is 14.4. The standard InChI is InChI=1S/C30H52N2O4/c1-5-6-7-8-9-10-11-12-13-14-18-21-26-22-28(27(24-33)31-29(34)35-30(2,3)4)36-32(26)23-25-19-16-15-17-20-25/h15-17,19-20,26-28,33H,5-14,18,21-24H2,1-4H3,(H,31,34)/t26-,27-,28-/m0/s1. The lowest BCUT2D eigenvalue weighted by Crippen LogP contribution is -2.47. The third-order valence-corrected chi connectivity index (χ3v) is 6.85. The monoisotopic (exact) mass is 504 g/mol. The maximum atomic E-state index is 12.3. The summed E-state index contributed by atoms with van der Waals surface area (Å²) < 4.78 is 5.39. The second kappa shape index (κ2) is 17.0. The van der Waals surface area contributed by atoms with Crippen molar-refractivity contribution in [3.63, 3.8) is 0 Å². The lowest BCUT2D eigenvalue weighted by molar-refractivity contribution is -0.178. The minimum absolute atomic E-state index is 0.186. The van der Waals surface area contributed by atoms with E-state index in [-0.39, 0.29) is 18.8 Å². The van der Waals surface area contributed by atoms with Gasteiger partial charge in [0.25, 0.3) is 0 Å². The zero-order valence-electron chi connectivity index (χ0n) is 23.3. The number of aliphatic hydroxyl groups is 1. The summed E-state index contributed by atoms with van der Waals surface area (Å²) in [4.78, 5) is 18.6. The molecule has 1 aromatic carbocycles. The van der Waals surface area contributed by atoms with Gasteiger partial charge in [-0.3, -0.25) is 4.84 Å². The van der Waals surface area contributed by atoms with Crippen molar-refractivity contribution in [2.45, 2.75) is 141 Å². The number of carbonyl (C=O) groups is 1. The molecule has 0 radical (unpaired) electrons. The van der Waals surface area contributed by atoms with E-state index in [1.54, 1.807) is 0 Å². The zero-order chi connectivity index (χ0) is 26.2. The number of aliphatic hydroxyl groups excluding tert-OH is 1. The number of ether oxygens (including phenoxy) is 1. The Bertz CT molecular complexity index is 707. The molecule has 0 unspecified atom stereocenters. The van der Waals surface area contributed by atoms with Crippen LogP contribution in [-0.4, -0.2) is 46.7 Å². The Kier molecular flexibility index (Phi) is 14.4. The van der Waals surface area contributed by atoms with Gasteiger partial charge in [0, 0.05) is 12.6 Å². The molecule has 0 aliphatic carbocycles. The molecule has 36 heavy (non-hydrogen) atoms. The number of hydroxylamine groups is 2. The van der Waals surface area contributed by atoms with Crippen LogP contribution in [0.1, 0.15) is 117 Å². The number of nitrogens with one attached hydrogen (secondary N) is 1. The molecule has 206 valence electrons. The Labute approximate surface area is 220 Å². The number of benzene rings is 1. The molecule has 1 amide bonds. The number of hydrogen-bond donors (Lipinski definition) is 2. The second-order valence-electron chi connectivity index (χ2n) is 11.4. The van der Waals surface area contributed by atoms with Crippen LogP contribution in [0.25, 0.3) is 0 Å². The average Bonchev–Trinajstić information content (AvgIpc) is 3.22. The van der Waals surface area contributed by atoms with Crippen molar-refractivity contribution in [2.24, 2.45) is 0 Å². The fraction of sp³-hybridized carbons (Fsp3) is 0.767. The van der Waals surface area contributed by atoms with Crippen LogP contribution < -0.4 is 5.32 Å². The summed E-state index contributed by atoms with van der Waals surface area (Å²) >= 11 is 0. The molecule has 0 spiro atoms. The number of alkyl carbamates (subject to hydrolysis) is 1. The smallest absolute Gasteiger partial charge is 0.408 e. The highest BCUT2D eigenvalue weighted by Gasteiger charge is 2.38. The van der Waals surface area contributed by atoms with Crippen molar-refractivity contribution in [1.29, 1.82) is 0 Å². The fourth-order valence-electron chi connectivity index (χ4n) is 4.88. The summed E-state index contributed by atoms with van der Waals surface area (Å²) in [5.74, 6) is 0. The molecule has 0 saturated carbocycles. The summed E-state index contributed by atoms with van der Waals surface area (Å²) in [6.07, 6.45) is 15.7. The van der Waals surface area contributed by atoms with E-state index in [0.29, 0.717) is 6.54 Å². The summed E-state index contributed by atoms with van der Waals surface area (Å²) in [5, 5.41) is 14.9. The van der Waals surface area contributed by atoms with Gasteiger partial charge in [-0.05, 0) is 39.2 Å². The Morgan fingerprint density at radius 2 is 1.61 bits per heavy atom. The summed E-state index contributed by atoms with van der Waals surface area (Å²) in [5.41, 5.74) is 0.611. The third-order valence-electron chi connectivity index (χ3n) is 6.85. The molecule has 1 aromatic rings. The molecular weight excluding hydrogens is 452 g/mol. The molecule has 1 heterocycles. The average molecular weight is 505 g/mol. The summed E-state index contributed by atoms with van der Waals surface area (Å²) in [6.45, 7) is 8.27. The van der Waals surface area contributed by atoms with Crippen LogP contribution in [0, 0.1) is 0 Å². The van der Waals surface area contributed by atoms with Gasteiger partial charge in [0.1, 0.15) is 11.7 Å². The number of rotatable bonds is 17. The highest BCUT2D eigenvalue weighted by Crippen LogP contribution is 2.29. The van der Waals surface area contributed by atoms with Crippen molar-refractivity contribution < 1.29 is 19.5 Å². The zero-order valence-corrected chi connectivity index (χ0v) is 23.3. The van der Waals surface area contributed by atoms with E-state index in [1.165, 1.54) is 76.2 Å². The molecule has 1 saturated heterocycles. The molecular formula is C30H52N2O4. The van der Waals surface area contributed by atoms with Crippen LogP contribution in [0.4, 0.5) is 4.79 Å². The van der Waals surface area contributed by atoms with Gasteiger partial charge in [-0.25, -0.2) is 4.79 Å². The molecule has 2 rings (SSSR count). The van der Waals surface area contributed by atoms with Crippen molar-refractivity contribution in [3.05, 3.63) is 35.9 Å². The Balaban J connectivity index is 1.80. The van der Waals surface area contributed by atoms with Crippen LogP contribution >= 0.6 is 0 Å².